The zero-order chi connectivity index (χ0) is 15.2. The average Bonchev–Trinajstić information content (AvgIpc) is 2.53. The molecule has 108 valence electrons. The third-order valence-corrected chi connectivity index (χ3v) is 2.83. The lowest BCUT2D eigenvalue weighted by Crippen LogP contribution is -2.23. The molecule has 21 heavy (non-hydrogen) atoms. The molecule has 0 aliphatic rings. The number of ether oxygens (including phenoxy) is 1. The maximum absolute atomic E-state index is 12.0. The number of hydrogen-bond acceptors (Lipinski definition) is 5. The Kier molecular flexibility index (Phi) is 4.50. The number of nitrogens with one attached hydrogen (secondary N) is 1. The molecule has 0 fully saturated rings. The second-order valence-corrected chi connectivity index (χ2v) is 4.26. The Morgan fingerprint density at radius 1 is 1.29 bits per heavy atom. The number of hydrogen-bond donors (Lipinski definition) is 2. The average molecular weight is 286 g/mol. The lowest BCUT2D eigenvalue weighted by Gasteiger charge is -2.07. The van der Waals surface area contributed by atoms with Crippen molar-refractivity contribution in [1.82, 2.24) is 10.3 Å². The van der Waals surface area contributed by atoms with Crippen molar-refractivity contribution in [2.24, 2.45) is 0 Å². The van der Waals surface area contributed by atoms with Crippen LogP contribution in [0.4, 0.5) is 0 Å². The summed E-state index contributed by atoms with van der Waals surface area (Å²) < 4.78 is 4.55. The van der Waals surface area contributed by atoms with Crippen LogP contribution in [0.15, 0.2) is 42.6 Å². The highest BCUT2D eigenvalue weighted by molar-refractivity contribution is 5.99. The number of benzene rings is 1. The molecule has 6 heteroatoms. The minimum absolute atomic E-state index is 0.0752. The van der Waals surface area contributed by atoms with Crippen molar-refractivity contribution < 1.29 is 19.4 Å². The first-order chi connectivity index (χ1) is 10.1. The monoisotopic (exact) mass is 286 g/mol. The molecule has 1 amide bonds. The number of rotatable bonds is 4. The van der Waals surface area contributed by atoms with Crippen LogP contribution < -0.4 is 5.32 Å². The van der Waals surface area contributed by atoms with Crippen LogP contribution in [-0.4, -0.2) is 29.1 Å². The van der Waals surface area contributed by atoms with E-state index >= 15 is 0 Å². The summed E-state index contributed by atoms with van der Waals surface area (Å²) in [5.74, 6) is -1.58. The first kappa shape index (κ1) is 14.5. The summed E-state index contributed by atoms with van der Waals surface area (Å²) in [6.07, 6.45) is 1.15. The number of esters is 1. The first-order valence-corrected chi connectivity index (χ1v) is 6.21. The van der Waals surface area contributed by atoms with Gasteiger partial charge in [0.25, 0.3) is 5.91 Å². The Balaban J connectivity index is 2.13. The summed E-state index contributed by atoms with van der Waals surface area (Å²) in [4.78, 5) is 27.1. The second kappa shape index (κ2) is 6.51. The second-order valence-electron chi connectivity index (χ2n) is 4.26. The van der Waals surface area contributed by atoms with Crippen molar-refractivity contribution in [3.05, 3.63) is 59.3 Å². The summed E-state index contributed by atoms with van der Waals surface area (Å²) in [5, 5.41) is 12.3. The molecule has 2 N–H and O–H groups in total. The maximum atomic E-state index is 12.0. The molecule has 1 heterocycles. The van der Waals surface area contributed by atoms with E-state index in [1.54, 1.807) is 0 Å². The molecule has 0 unspecified atom stereocenters. The number of aromatic hydroxyl groups is 1. The quantitative estimate of drug-likeness (QED) is 0.832. The van der Waals surface area contributed by atoms with Crippen LogP contribution in [0.5, 0.6) is 5.88 Å². The van der Waals surface area contributed by atoms with Crippen molar-refractivity contribution >= 4 is 11.9 Å². The molecule has 0 aliphatic carbocycles. The summed E-state index contributed by atoms with van der Waals surface area (Å²) in [6, 6.07) is 10.6. The van der Waals surface area contributed by atoms with Gasteiger partial charge in [0.05, 0.1) is 12.7 Å². The van der Waals surface area contributed by atoms with Gasteiger partial charge in [-0.3, -0.25) is 4.79 Å². The molecule has 0 atom stereocenters. The molecule has 2 rings (SSSR count). The summed E-state index contributed by atoms with van der Waals surface area (Å²) in [5.41, 5.74) is 0.941. The predicted octanol–water partition coefficient (Wildman–Crippen LogP) is 1.50. The van der Waals surface area contributed by atoms with Crippen molar-refractivity contribution in [2.45, 2.75) is 6.54 Å². The molecule has 6 nitrogen and oxygen atoms in total. The van der Waals surface area contributed by atoms with E-state index in [4.69, 9.17) is 0 Å². The molecule has 2 aromatic rings. The third kappa shape index (κ3) is 3.56. The molecule has 0 saturated heterocycles. The van der Waals surface area contributed by atoms with Gasteiger partial charge in [-0.15, -0.1) is 0 Å². The van der Waals surface area contributed by atoms with Crippen LogP contribution in [0, 0.1) is 0 Å². The zero-order valence-electron chi connectivity index (χ0n) is 11.4. The van der Waals surface area contributed by atoms with Gasteiger partial charge in [0.15, 0.2) is 0 Å². The largest absolute Gasteiger partial charge is 0.493 e. The van der Waals surface area contributed by atoms with Crippen molar-refractivity contribution in [3.8, 4) is 5.88 Å². The van der Waals surface area contributed by atoms with Crippen LogP contribution in [0.1, 0.15) is 26.3 Å². The number of carbonyl (C=O) groups excluding carboxylic acids is 2. The van der Waals surface area contributed by atoms with Gasteiger partial charge in [0.2, 0.25) is 5.88 Å². The molecular weight excluding hydrogens is 272 g/mol. The van der Waals surface area contributed by atoms with Crippen LogP contribution >= 0.6 is 0 Å². The van der Waals surface area contributed by atoms with Gasteiger partial charge >= 0.3 is 5.97 Å². The fourth-order valence-electron chi connectivity index (χ4n) is 1.73. The Hall–Kier alpha value is -2.89. The maximum Gasteiger partial charge on any atom is 0.339 e. The van der Waals surface area contributed by atoms with Crippen LogP contribution in [0.25, 0.3) is 0 Å². The van der Waals surface area contributed by atoms with Crippen LogP contribution in [0.3, 0.4) is 0 Å². The summed E-state index contributed by atoms with van der Waals surface area (Å²) >= 11 is 0. The van der Waals surface area contributed by atoms with Gasteiger partial charge in [-0.05, 0) is 11.6 Å². The molecule has 0 aliphatic heterocycles. The van der Waals surface area contributed by atoms with Gasteiger partial charge in [0.1, 0.15) is 5.56 Å². The minimum atomic E-state index is -0.625. The lowest BCUT2D eigenvalue weighted by atomic mass is 10.1. The van der Waals surface area contributed by atoms with Gasteiger partial charge in [-0.2, -0.15) is 0 Å². The molecule has 0 saturated carbocycles. The van der Waals surface area contributed by atoms with E-state index in [1.165, 1.54) is 13.2 Å². The smallest absolute Gasteiger partial charge is 0.339 e. The standard InChI is InChI=1S/C15H14N2O4/c1-21-15(20)11-7-12(14(19)17-9-11)13(18)16-8-10-5-3-2-4-6-10/h2-7,9H,8H2,1H3,(H,16,18)(H,17,19). The molecule has 0 spiro atoms. The normalized spacial score (nSPS) is 9.95. The van der Waals surface area contributed by atoms with E-state index < -0.39 is 17.8 Å². The van der Waals surface area contributed by atoms with E-state index in [9.17, 15) is 14.7 Å². The van der Waals surface area contributed by atoms with E-state index in [2.05, 4.69) is 15.0 Å². The fourth-order valence-corrected chi connectivity index (χ4v) is 1.73. The first-order valence-electron chi connectivity index (χ1n) is 6.21. The van der Waals surface area contributed by atoms with Gasteiger partial charge < -0.3 is 15.2 Å². The number of amides is 1. The molecule has 0 bridgehead atoms. The molecule has 1 aromatic carbocycles. The SMILES string of the molecule is COC(=O)c1cnc(O)c(C(=O)NCc2ccccc2)c1. The number of pyridine rings is 1. The van der Waals surface area contributed by atoms with Crippen LogP contribution in [-0.2, 0) is 11.3 Å². The van der Waals surface area contributed by atoms with Gasteiger partial charge in [0, 0.05) is 12.7 Å². The van der Waals surface area contributed by atoms with Crippen LogP contribution in [0.2, 0.25) is 0 Å². The predicted molar refractivity (Wildman–Crippen MR) is 74.9 cm³/mol. The number of carbonyl (C=O) groups is 2. The number of methoxy groups -OCH3 is 1. The highest BCUT2D eigenvalue weighted by Gasteiger charge is 2.16. The number of nitrogens with zero attached hydrogens (tertiary/aromatic N) is 1. The Morgan fingerprint density at radius 2 is 2.00 bits per heavy atom. The molecular formula is C15H14N2O4. The summed E-state index contributed by atoms with van der Waals surface area (Å²) in [6.45, 7) is 0.307. The third-order valence-electron chi connectivity index (χ3n) is 2.83. The van der Waals surface area contributed by atoms with E-state index in [0.29, 0.717) is 6.54 Å². The Bertz CT molecular complexity index is 656. The van der Waals surface area contributed by atoms with Crippen molar-refractivity contribution in [3.63, 3.8) is 0 Å². The summed E-state index contributed by atoms with van der Waals surface area (Å²) in [7, 11) is 1.23. The Morgan fingerprint density at radius 3 is 2.67 bits per heavy atom. The highest BCUT2D eigenvalue weighted by Crippen LogP contribution is 2.15. The Labute approximate surface area is 121 Å². The molecule has 1 aromatic heterocycles. The topological polar surface area (TPSA) is 88.5 Å². The van der Waals surface area contributed by atoms with Crippen molar-refractivity contribution in [2.75, 3.05) is 7.11 Å². The van der Waals surface area contributed by atoms with Crippen molar-refractivity contribution in [1.29, 1.82) is 0 Å². The lowest BCUT2D eigenvalue weighted by molar-refractivity contribution is 0.0600. The molecule has 0 radical (unpaired) electrons. The highest BCUT2D eigenvalue weighted by atomic mass is 16.5. The minimum Gasteiger partial charge on any atom is -0.493 e. The van der Waals surface area contributed by atoms with E-state index in [-0.39, 0.29) is 11.1 Å². The number of aromatic nitrogens is 1. The van der Waals surface area contributed by atoms with E-state index in [0.717, 1.165) is 11.8 Å². The fraction of sp³-hybridized carbons (Fsp3) is 0.133. The van der Waals surface area contributed by atoms with Gasteiger partial charge in [-0.1, -0.05) is 30.3 Å². The zero-order valence-corrected chi connectivity index (χ0v) is 11.4. The van der Waals surface area contributed by atoms with E-state index in [1.807, 2.05) is 30.3 Å². The van der Waals surface area contributed by atoms with Gasteiger partial charge in [-0.25, -0.2) is 9.78 Å².